The van der Waals surface area contributed by atoms with Gasteiger partial charge in [0, 0.05) is 12.2 Å². The molecule has 2 aromatic carbocycles. The van der Waals surface area contributed by atoms with Crippen LogP contribution in [-0.2, 0) is 0 Å². The van der Waals surface area contributed by atoms with Crippen molar-refractivity contribution in [2.75, 3.05) is 6.61 Å². The van der Waals surface area contributed by atoms with Gasteiger partial charge in [-0.15, -0.1) is 5.10 Å². The Morgan fingerprint density at radius 3 is 2.71 bits per heavy atom. The van der Waals surface area contributed by atoms with Crippen LogP contribution in [0.15, 0.2) is 54.7 Å². The molecule has 0 aliphatic heterocycles. The predicted octanol–water partition coefficient (Wildman–Crippen LogP) is 3.10. The van der Waals surface area contributed by atoms with E-state index in [1.165, 1.54) is 5.56 Å². The zero-order chi connectivity index (χ0) is 16.9. The standard InChI is InChI=1S/C19H18N4O/c1-14-5-7-16(8-6-14)19(9-10-24)23-13-18(21-22-23)17-4-2-3-15(11-17)12-20/h2-8,11,13,19,24H,9-10H2,1H3/t19-/m0/s1. The fraction of sp³-hybridized carbons (Fsp3) is 0.211. The van der Waals surface area contributed by atoms with E-state index in [0.717, 1.165) is 11.1 Å². The summed E-state index contributed by atoms with van der Waals surface area (Å²) in [6.45, 7) is 2.11. The van der Waals surface area contributed by atoms with Crippen molar-refractivity contribution in [3.05, 3.63) is 71.4 Å². The molecule has 0 bridgehead atoms. The quantitative estimate of drug-likeness (QED) is 0.784. The Morgan fingerprint density at radius 1 is 1.21 bits per heavy atom. The molecule has 0 saturated heterocycles. The van der Waals surface area contributed by atoms with Gasteiger partial charge in [0.05, 0.1) is 23.9 Å². The summed E-state index contributed by atoms with van der Waals surface area (Å²) in [5, 5.41) is 26.9. The van der Waals surface area contributed by atoms with Crippen LogP contribution in [0.4, 0.5) is 0 Å². The number of nitriles is 1. The van der Waals surface area contributed by atoms with Gasteiger partial charge in [0.15, 0.2) is 0 Å². The summed E-state index contributed by atoms with van der Waals surface area (Å²) in [7, 11) is 0. The van der Waals surface area contributed by atoms with Gasteiger partial charge < -0.3 is 5.11 Å². The molecule has 3 rings (SSSR count). The number of aliphatic hydroxyl groups is 1. The van der Waals surface area contributed by atoms with E-state index in [0.29, 0.717) is 17.7 Å². The highest BCUT2D eigenvalue weighted by molar-refractivity contribution is 5.60. The van der Waals surface area contributed by atoms with Crippen molar-refractivity contribution < 1.29 is 5.11 Å². The molecule has 1 atom stereocenters. The first-order valence-electron chi connectivity index (χ1n) is 7.81. The summed E-state index contributed by atoms with van der Waals surface area (Å²) in [6.07, 6.45) is 2.42. The van der Waals surface area contributed by atoms with Gasteiger partial charge in [-0.2, -0.15) is 5.26 Å². The molecule has 24 heavy (non-hydrogen) atoms. The third-order valence-corrected chi connectivity index (χ3v) is 3.98. The van der Waals surface area contributed by atoms with E-state index in [1.807, 2.05) is 49.5 Å². The molecule has 5 heteroatoms. The Bertz CT molecular complexity index is 862. The normalized spacial score (nSPS) is 11.9. The van der Waals surface area contributed by atoms with Gasteiger partial charge in [0.2, 0.25) is 0 Å². The van der Waals surface area contributed by atoms with Crippen molar-refractivity contribution in [1.82, 2.24) is 15.0 Å². The zero-order valence-corrected chi connectivity index (χ0v) is 13.4. The maximum atomic E-state index is 9.41. The van der Waals surface area contributed by atoms with Crippen LogP contribution in [0.25, 0.3) is 11.3 Å². The molecule has 1 aromatic heterocycles. The number of aliphatic hydroxyl groups excluding tert-OH is 1. The molecule has 1 N–H and O–H groups in total. The van der Waals surface area contributed by atoms with Crippen LogP contribution < -0.4 is 0 Å². The molecule has 5 nitrogen and oxygen atoms in total. The molecule has 0 aliphatic carbocycles. The average molecular weight is 318 g/mol. The predicted molar refractivity (Wildman–Crippen MR) is 91.2 cm³/mol. The first-order chi connectivity index (χ1) is 11.7. The second-order valence-electron chi connectivity index (χ2n) is 5.72. The number of hydrogen-bond donors (Lipinski definition) is 1. The highest BCUT2D eigenvalue weighted by atomic mass is 16.3. The van der Waals surface area contributed by atoms with Crippen molar-refractivity contribution in [1.29, 1.82) is 5.26 Å². The van der Waals surface area contributed by atoms with E-state index in [4.69, 9.17) is 5.26 Å². The topological polar surface area (TPSA) is 74.7 Å². The molecule has 120 valence electrons. The molecule has 0 aliphatic rings. The van der Waals surface area contributed by atoms with E-state index in [-0.39, 0.29) is 12.6 Å². The number of aryl methyl sites for hydroxylation is 1. The van der Waals surface area contributed by atoms with Crippen molar-refractivity contribution in [2.24, 2.45) is 0 Å². The van der Waals surface area contributed by atoms with Gasteiger partial charge in [0.1, 0.15) is 5.69 Å². The second kappa shape index (κ2) is 7.07. The van der Waals surface area contributed by atoms with E-state index >= 15 is 0 Å². The monoisotopic (exact) mass is 318 g/mol. The van der Waals surface area contributed by atoms with Crippen LogP contribution in [0.5, 0.6) is 0 Å². The van der Waals surface area contributed by atoms with Crippen LogP contribution >= 0.6 is 0 Å². The minimum absolute atomic E-state index is 0.0671. The molecule has 3 aromatic rings. The van der Waals surface area contributed by atoms with Gasteiger partial charge in [-0.05, 0) is 31.0 Å². The third kappa shape index (κ3) is 3.34. The van der Waals surface area contributed by atoms with Crippen LogP contribution in [-0.4, -0.2) is 26.7 Å². The van der Waals surface area contributed by atoms with Gasteiger partial charge >= 0.3 is 0 Å². The van der Waals surface area contributed by atoms with Crippen LogP contribution in [0.1, 0.15) is 29.2 Å². The van der Waals surface area contributed by atoms with Gasteiger partial charge in [-0.25, -0.2) is 4.68 Å². The van der Waals surface area contributed by atoms with Crippen molar-refractivity contribution in [3.63, 3.8) is 0 Å². The minimum Gasteiger partial charge on any atom is -0.396 e. The van der Waals surface area contributed by atoms with Crippen LogP contribution in [0, 0.1) is 18.3 Å². The molecular weight excluding hydrogens is 300 g/mol. The number of nitrogens with zero attached hydrogens (tertiary/aromatic N) is 4. The lowest BCUT2D eigenvalue weighted by molar-refractivity contribution is 0.262. The lowest BCUT2D eigenvalue weighted by Crippen LogP contribution is -2.13. The van der Waals surface area contributed by atoms with Gasteiger partial charge in [0.25, 0.3) is 0 Å². The summed E-state index contributed by atoms with van der Waals surface area (Å²) >= 11 is 0. The minimum atomic E-state index is -0.0731. The summed E-state index contributed by atoms with van der Waals surface area (Å²) in [5.74, 6) is 0. The van der Waals surface area contributed by atoms with E-state index in [9.17, 15) is 5.11 Å². The van der Waals surface area contributed by atoms with Crippen molar-refractivity contribution in [2.45, 2.75) is 19.4 Å². The maximum Gasteiger partial charge on any atom is 0.113 e. The molecular formula is C19H18N4O. The second-order valence-corrected chi connectivity index (χ2v) is 5.72. The Hall–Kier alpha value is -2.97. The lowest BCUT2D eigenvalue weighted by atomic mass is 10.0. The summed E-state index contributed by atoms with van der Waals surface area (Å²) in [5.41, 5.74) is 4.42. The fourth-order valence-electron chi connectivity index (χ4n) is 2.67. The number of hydrogen-bond acceptors (Lipinski definition) is 4. The number of benzene rings is 2. The molecule has 0 fully saturated rings. The molecule has 0 unspecified atom stereocenters. The molecule has 0 spiro atoms. The third-order valence-electron chi connectivity index (χ3n) is 3.98. The van der Waals surface area contributed by atoms with E-state index in [1.54, 1.807) is 16.8 Å². The molecule has 0 amide bonds. The van der Waals surface area contributed by atoms with E-state index < -0.39 is 0 Å². The van der Waals surface area contributed by atoms with E-state index in [2.05, 4.69) is 16.4 Å². The highest BCUT2D eigenvalue weighted by Gasteiger charge is 2.16. The average Bonchev–Trinajstić information content (AvgIpc) is 3.10. The number of rotatable bonds is 5. The molecule has 1 heterocycles. The smallest absolute Gasteiger partial charge is 0.113 e. The Balaban J connectivity index is 1.94. The van der Waals surface area contributed by atoms with Crippen LogP contribution in [0.2, 0.25) is 0 Å². The Morgan fingerprint density at radius 2 is 2.00 bits per heavy atom. The maximum absolute atomic E-state index is 9.41. The highest BCUT2D eigenvalue weighted by Crippen LogP contribution is 2.24. The largest absolute Gasteiger partial charge is 0.396 e. The summed E-state index contributed by atoms with van der Waals surface area (Å²) in [6, 6.07) is 17.5. The first-order valence-corrected chi connectivity index (χ1v) is 7.81. The zero-order valence-electron chi connectivity index (χ0n) is 13.4. The lowest BCUT2D eigenvalue weighted by Gasteiger charge is -2.16. The van der Waals surface area contributed by atoms with Gasteiger partial charge in [-0.3, -0.25) is 0 Å². The van der Waals surface area contributed by atoms with Crippen molar-refractivity contribution in [3.8, 4) is 17.3 Å². The summed E-state index contributed by atoms with van der Waals surface area (Å²) < 4.78 is 1.77. The first kappa shape index (κ1) is 15.9. The van der Waals surface area contributed by atoms with Gasteiger partial charge in [-0.1, -0.05) is 47.2 Å². The number of aromatic nitrogens is 3. The van der Waals surface area contributed by atoms with Crippen LogP contribution in [0.3, 0.4) is 0 Å². The van der Waals surface area contributed by atoms with Crippen molar-refractivity contribution >= 4 is 0 Å². The Kier molecular flexibility index (Phi) is 4.69. The Labute approximate surface area is 140 Å². The fourth-order valence-corrected chi connectivity index (χ4v) is 2.67. The molecule has 0 saturated carbocycles. The SMILES string of the molecule is Cc1ccc([C@H](CCO)n2cc(-c3cccc(C#N)c3)nn2)cc1. The molecule has 0 radical (unpaired) electrons. The summed E-state index contributed by atoms with van der Waals surface area (Å²) in [4.78, 5) is 0.